The third-order valence-electron chi connectivity index (χ3n) is 7.01. The van der Waals surface area contributed by atoms with Crippen LogP contribution in [0, 0.1) is 0 Å². The van der Waals surface area contributed by atoms with E-state index < -0.39 is 17.4 Å². The van der Waals surface area contributed by atoms with Crippen LogP contribution < -0.4 is 5.56 Å². The highest BCUT2D eigenvalue weighted by molar-refractivity contribution is 9.10. The predicted molar refractivity (Wildman–Crippen MR) is 159 cm³/mol. The van der Waals surface area contributed by atoms with Gasteiger partial charge in [-0.2, -0.15) is 0 Å². The van der Waals surface area contributed by atoms with Crippen LogP contribution in [-0.2, 0) is 4.79 Å². The van der Waals surface area contributed by atoms with Crippen molar-refractivity contribution in [2.45, 2.75) is 12.1 Å². The van der Waals surface area contributed by atoms with Crippen molar-refractivity contribution >= 4 is 43.6 Å². The van der Waals surface area contributed by atoms with Crippen LogP contribution in [0.1, 0.15) is 33.6 Å². The Morgan fingerprint density at radius 1 is 0.667 bits per heavy atom. The minimum absolute atomic E-state index is 0.0533. The summed E-state index contributed by atoms with van der Waals surface area (Å²) in [7, 11) is 0. The number of benzene rings is 3. The first kappa shape index (κ1) is 27.2. The molecule has 1 fully saturated rings. The molecule has 0 aliphatic carbocycles. The molecular weight excluding hydrogens is 622 g/mol. The van der Waals surface area contributed by atoms with Crippen LogP contribution in [0.3, 0.4) is 0 Å². The lowest BCUT2D eigenvalue weighted by Crippen LogP contribution is -2.53. The van der Waals surface area contributed by atoms with Crippen molar-refractivity contribution in [3.63, 3.8) is 0 Å². The molecule has 6 nitrogen and oxygen atoms in total. The molecule has 1 aromatic heterocycles. The molecule has 1 saturated heterocycles. The van der Waals surface area contributed by atoms with Crippen molar-refractivity contribution < 1.29 is 9.59 Å². The fourth-order valence-corrected chi connectivity index (χ4v) is 5.68. The van der Waals surface area contributed by atoms with Crippen molar-refractivity contribution in [1.29, 1.82) is 0 Å². The van der Waals surface area contributed by atoms with E-state index in [9.17, 15) is 14.4 Å². The van der Waals surface area contributed by atoms with Crippen LogP contribution in [0.2, 0.25) is 0 Å². The molecule has 2 heterocycles. The van der Waals surface area contributed by atoms with Gasteiger partial charge in [-0.15, -0.1) is 0 Å². The Kier molecular flexibility index (Phi) is 8.55. The largest absolute Gasteiger partial charge is 0.338 e. The van der Waals surface area contributed by atoms with Gasteiger partial charge in [0, 0.05) is 53.0 Å². The van der Waals surface area contributed by atoms with E-state index in [0.29, 0.717) is 36.2 Å². The Balaban J connectivity index is 1.41. The number of nitrogens with zero attached hydrogens (tertiary/aromatic N) is 3. The summed E-state index contributed by atoms with van der Waals surface area (Å²) in [4.78, 5) is 44.6. The molecule has 1 amide bonds. The predicted octanol–water partition coefficient (Wildman–Crippen LogP) is 5.73. The third-order valence-corrected chi connectivity index (χ3v) is 8.01. The van der Waals surface area contributed by atoms with Crippen molar-refractivity contribution in [2.75, 3.05) is 26.2 Å². The zero-order valence-electron chi connectivity index (χ0n) is 21.1. The standard InChI is InChI=1S/C31H27Br2N3O3/c32-25-13-11-24(12-14-25)30(38)29(36-21-26(33)15-16-27(36)37)31(39)35-19-17-34(18-20-35)28(22-7-3-1-4-8-22)23-9-5-2-6-10-23/h1-16,21,28-29H,17-20H2. The average Bonchev–Trinajstić information content (AvgIpc) is 2.97. The first-order valence-corrected chi connectivity index (χ1v) is 14.3. The number of aromatic nitrogens is 1. The van der Waals surface area contributed by atoms with Crippen LogP contribution >= 0.6 is 31.9 Å². The maximum Gasteiger partial charge on any atom is 0.253 e. The van der Waals surface area contributed by atoms with Gasteiger partial charge in [-0.25, -0.2) is 0 Å². The summed E-state index contributed by atoms with van der Waals surface area (Å²) in [5.41, 5.74) is 2.34. The number of Topliss-reactive ketones (excluding diaryl/α,β-unsaturated/α-hetero) is 1. The van der Waals surface area contributed by atoms with Crippen LogP contribution in [-0.4, -0.2) is 52.2 Å². The number of ketones is 1. The number of amides is 1. The number of carbonyl (C=O) groups is 2. The molecule has 1 atom stereocenters. The molecule has 198 valence electrons. The summed E-state index contributed by atoms with van der Waals surface area (Å²) in [6, 6.07) is 29.3. The van der Waals surface area contributed by atoms with Crippen LogP contribution in [0.4, 0.5) is 0 Å². The Morgan fingerprint density at radius 2 is 1.21 bits per heavy atom. The van der Waals surface area contributed by atoms with Gasteiger partial charge in [-0.05, 0) is 45.3 Å². The molecule has 1 aliphatic rings. The van der Waals surface area contributed by atoms with Gasteiger partial charge in [-0.3, -0.25) is 23.9 Å². The summed E-state index contributed by atoms with van der Waals surface area (Å²) < 4.78 is 2.67. The van der Waals surface area contributed by atoms with Crippen molar-refractivity contribution in [1.82, 2.24) is 14.4 Å². The summed E-state index contributed by atoms with van der Waals surface area (Å²) in [5, 5.41) is 0. The smallest absolute Gasteiger partial charge is 0.253 e. The Morgan fingerprint density at radius 3 is 1.77 bits per heavy atom. The number of carbonyl (C=O) groups excluding carboxylic acids is 2. The second kappa shape index (κ2) is 12.2. The van der Waals surface area contributed by atoms with Crippen LogP contribution in [0.5, 0.6) is 0 Å². The van der Waals surface area contributed by atoms with Crippen molar-refractivity contribution in [3.8, 4) is 0 Å². The molecule has 0 radical (unpaired) electrons. The molecule has 0 saturated carbocycles. The van der Waals surface area contributed by atoms with Gasteiger partial charge in [-0.1, -0.05) is 88.7 Å². The van der Waals surface area contributed by atoms with Gasteiger partial charge in [0.25, 0.3) is 11.5 Å². The molecule has 0 N–H and O–H groups in total. The van der Waals surface area contributed by atoms with Crippen molar-refractivity contribution in [3.05, 3.63) is 139 Å². The van der Waals surface area contributed by atoms with Gasteiger partial charge >= 0.3 is 0 Å². The van der Waals surface area contributed by atoms with Crippen molar-refractivity contribution in [2.24, 2.45) is 0 Å². The molecule has 1 unspecified atom stereocenters. The van der Waals surface area contributed by atoms with Gasteiger partial charge in [0.2, 0.25) is 0 Å². The molecule has 0 spiro atoms. The minimum atomic E-state index is -1.29. The van der Waals surface area contributed by atoms with E-state index in [1.165, 1.54) is 28.0 Å². The fourth-order valence-electron chi connectivity index (χ4n) is 5.07. The number of rotatable bonds is 7. The topological polar surface area (TPSA) is 62.6 Å². The van der Waals surface area contributed by atoms with E-state index in [-0.39, 0.29) is 11.9 Å². The number of hydrogen-bond donors (Lipinski definition) is 0. The molecule has 1 aliphatic heterocycles. The summed E-state index contributed by atoms with van der Waals surface area (Å²) in [5.74, 6) is -0.791. The molecule has 0 bridgehead atoms. The first-order valence-electron chi connectivity index (χ1n) is 12.7. The maximum absolute atomic E-state index is 14.0. The average molecular weight is 649 g/mol. The maximum atomic E-state index is 14.0. The lowest BCUT2D eigenvalue weighted by atomic mass is 9.96. The highest BCUT2D eigenvalue weighted by atomic mass is 79.9. The molecule has 5 rings (SSSR count). The molecule has 4 aromatic rings. The summed E-state index contributed by atoms with van der Waals surface area (Å²) >= 11 is 6.77. The first-order chi connectivity index (χ1) is 18.9. The van der Waals surface area contributed by atoms with E-state index in [1.54, 1.807) is 35.2 Å². The summed E-state index contributed by atoms with van der Waals surface area (Å²) in [6.07, 6.45) is 1.51. The number of pyridine rings is 1. The summed E-state index contributed by atoms with van der Waals surface area (Å²) in [6.45, 7) is 2.16. The van der Waals surface area contributed by atoms with Gasteiger partial charge in [0.15, 0.2) is 11.8 Å². The van der Waals surface area contributed by atoms with E-state index in [2.05, 4.69) is 61.0 Å². The zero-order chi connectivity index (χ0) is 27.4. The van der Waals surface area contributed by atoms with E-state index in [1.807, 2.05) is 36.4 Å². The third kappa shape index (κ3) is 6.13. The fraction of sp³-hybridized carbons (Fsp3) is 0.194. The molecule has 8 heteroatoms. The van der Waals surface area contributed by atoms with Gasteiger partial charge in [0.05, 0.1) is 6.04 Å². The number of piperazine rings is 1. The second-order valence-electron chi connectivity index (χ2n) is 9.45. The Hall–Kier alpha value is -3.33. The van der Waals surface area contributed by atoms with E-state index in [0.717, 1.165) is 4.47 Å². The van der Waals surface area contributed by atoms with Crippen LogP contribution in [0.15, 0.2) is 117 Å². The normalized spacial score (nSPS) is 14.8. The SMILES string of the molecule is O=C(c1ccc(Br)cc1)C(C(=O)N1CCN(C(c2ccccc2)c2ccccc2)CC1)n1cc(Br)ccc1=O. The van der Waals surface area contributed by atoms with Gasteiger partial charge < -0.3 is 4.90 Å². The van der Waals surface area contributed by atoms with Gasteiger partial charge in [0.1, 0.15) is 0 Å². The number of hydrogen-bond acceptors (Lipinski definition) is 4. The number of halogens is 2. The highest BCUT2D eigenvalue weighted by Gasteiger charge is 2.36. The lowest BCUT2D eigenvalue weighted by Gasteiger charge is -2.40. The zero-order valence-corrected chi connectivity index (χ0v) is 24.3. The minimum Gasteiger partial charge on any atom is -0.338 e. The Bertz CT molecular complexity index is 1460. The van der Waals surface area contributed by atoms with E-state index >= 15 is 0 Å². The van der Waals surface area contributed by atoms with E-state index in [4.69, 9.17) is 0 Å². The molecule has 3 aromatic carbocycles. The van der Waals surface area contributed by atoms with Crippen LogP contribution in [0.25, 0.3) is 0 Å². The molecular formula is C31H27Br2N3O3. The monoisotopic (exact) mass is 647 g/mol. The quantitative estimate of drug-likeness (QED) is 0.190. The Labute approximate surface area is 244 Å². The second-order valence-corrected chi connectivity index (χ2v) is 11.3. The highest BCUT2D eigenvalue weighted by Crippen LogP contribution is 2.30. The lowest BCUT2D eigenvalue weighted by molar-refractivity contribution is -0.135. The molecule has 39 heavy (non-hydrogen) atoms.